The number of amides is 4. The van der Waals surface area contributed by atoms with Crippen molar-refractivity contribution >= 4 is 41.7 Å². The van der Waals surface area contributed by atoms with E-state index in [2.05, 4.69) is 15.7 Å². The summed E-state index contributed by atoms with van der Waals surface area (Å²) in [6.07, 6.45) is 0.638. The number of nitrogens with zero attached hydrogens (tertiary/aromatic N) is 3. The Bertz CT molecular complexity index is 1150. The summed E-state index contributed by atoms with van der Waals surface area (Å²) in [7, 11) is 2.86. The van der Waals surface area contributed by atoms with Crippen LogP contribution in [0.2, 0.25) is 0 Å². The molecule has 4 amide bonds. The zero-order chi connectivity index (χ0) is 27.5. The lowest BCUT2D eigenvalue weighted by Gasteiger charge is -2.26. The highest BCUT2D eigenvalue weighted by Crippen LogP contribution is 2.15. The third-order valence-corrected chi connectivity index (χ3v) is 5.20. The maximum absolute atomic E-state index is 12.8. The lowest BCUT2D eigenvalue weighted by Crippen LogP contribution is -2.52. The van der Waals surface area contributed by atoms with E-state index in [9.17, 15) is 34.2 Å². The molecule has 0 unspecified atom stereocenters. The number of benzene rings is 2. The van der Waals surface area contributed by atoms with Crippen LogP contribution in [0.4, 0.5) is 10.5 Å². The first-order valence-electron chi connectivity index (χ1n) is 10.9. The summed E-state index contributed by atoms with van der Waals surface area (Å²) >= 11 is 0. The number of hydrogen-bond donors (Lipinski definition) is 5. The molecule has 0 saturated heterocycles. The molecule has 6 N–H and O–H groups in total. The van der Waals surface area contributed by atoms with Gasteiger partial charge in [0.05, 0.1) is 12.6 Å². The van der Waals surface area contributed by atoms with Gasteiger partial charge in [0, 0.05) is 19.8 Å². The van der Waals surface area contributed by atoms with Crippen LogP contribution in [0.15, 0.2) is 59.7 Å². The summed E-state index contributed by atoms with van der Waals surface area (Å²) in [5.74, 6) is 0.545. The average Bonchev–Trinajstić information content (AvgIpc) is 2.86. The molecule has 0 aliphatic carbocycles. The van der Waals surface area contributed by atoms with Crippen LogP contribution < -0.4 is 21.4 Å². The number of carboxylic acids is 2. The second-order valence-electron chi connectivity index (χ2n) is 7.98. The van der Waals surface area contributed by atoms with Gasteiger partial charge in [-0.1, -0.05) is 42.5 Å². The van der Waals surface area contributed by atoms with Gasteiger partial charge in [-0.3, -0.25) is 19.3 Å². The van der Waals surface area contributed by atoms with Crippen LogP contribution in [-0.2, 0) is 19.2 Å². The molecule has 2 atom stereocenters. The molecule has 0 spiro atoms. The minimum absolute atomic E-state index is 0.264. The Balaban J connectivity index is 2.06. The van der Waals surface area contributed by atoms with Gasteiger partial charge in [0.1, 0.15) is 12.6 Å². The standard InChI is InChI=1S/C24H28N6O7/c1-29(24(37)30(2)17-10-8-15(9-11-17)13-26-25)14-19(31)27-18(12-20(32)33)22(34)28-21(23(35)36)16-6-4-3-5-7-16/h3-11,13,18,21H,12,14,25H2,1-2H3,(H,27,31)(H,28,34)(H,32,33)(H,35,36)/t18-,21-/m0/s1. The average molecular weight is 513 g/mol. The SMILES string of the molecule is CN(CC(=O)N[C@@H](CC(=O)O)C(=O)N[C@H](C(=O)O)c1ccccc1)C(=O)N(C)c1ccc(C=NN)cc1. The Morgan fingerprint density at radius 2 is 1.59 bits per heavy atom. The Hall–Kier alpha value is -4.94. The van der Waals surface area contributed by atoms with Crippen molar-refractivity contribution < 1.29 is 34.2 Å². The summed E-state index contributed by atoms with van der Waals surface area (Å²) in [4.78, 5) is 63.4. The molecule has 2 rings (SSSR count). The van der Waals surface area contributed by atoms with Crippen molar-refractivity contribution in [2.24, 2.45) is 10.9 Å². The number of aliphatic carboxylic acids is 2. The van der Waals surface area contributed by atoms with Crippen molar-refractivity contribution in [2.45, 2.75) is 18.5 Å². The first-order chi connectivity index (χ1) is 17.5. The highest BCUT2D eigenvalue weighted by Gasteiger charge is 2.30. The summed E-state index contributed by atoms with van der Waals surface area (Å²) in [6.45, 7) is -0.495. The highest BCUT2D eigenvalue weighted by atomic mass is 16.4. The molecule has 0 radical (unpaired) electrons. The summed E-state index contributed by atoms with van der Waals surface area (Å²) < 4.78 is 0. The molecule has 0 heterocycles. The van der Waals surface area contributed by atoms with E-state index in [0.29, 0.717) is 5.69 Å². The number of hydrogen-bond acceptors (Lipinski definition) is 7. The van der Waals surface area contributed by atoms with Gasteiger partial charge in [-0.15, -0.1) is 0 Å². The normalized spacial score (nSPS) is 12.3. The first kappa shape index (κ1) is 28.3. The lowest BCUT2D eigenvalue weighted by atomic mass is 10.1. The second kappa shape index (κ2) is 13.2. The molecular formula is C24H28N6O7. The molecule has 2 aromatic carbocycles. The van der Waals surface area contributed by atoms with Gasteiger partial charge in [0.2, 0.25) is 11.8 Å². The molecule has 37 heavy (non-hydrogen) atoms. The summed E-state index contributed by atoms with van der Waals surface area (Å²) in [5, 5.41) is 26.6. The van der Waals surface area contributed by atoms with E-state index in [0.717, 1.165) is 10.5 Å². The number of likely N-dealkylation sites (N-methyl/N-ethyl adjacent to an activating group) is 1. The molecule has 13 nitrogen and oxygen atoms in total. The van der Waals surface area contributed by atoms with Crippen LogP contribution in [-0.4, -0.2) is 77.8 Å². The van der Waals surface area contributed by atoms with Crippen LogP contribution in [0.1, 0.15) is 23.6 Å². The van der Waals surface area contributed by atoms with Gasteiger partial charge in [-0.25, -0.2) is 9.59 Å². The van der Waals surface area contributed by atoms with E-state index in [1.54, 1.807) is 42.5 Å². The molecule has 0 saturated carbocycles. The molecule has 0 aromatic heterocycles. The van der Waals surface area contributed by atoms with Crippen LogP contribution >= 0.6 is 0 Å². The fourth-order valence-electron chi connectivity index (χ4n) is 3.32. The quantitative estimate of drug-likeness (QED) is 0.162. The van der Waals surface area contributed by atoms with Crippen LogP contribution in [0.25, 0.3) is 0 Å². The van der Waals surface area contributed by atoms with Crippen LogP contribution in [0.3, 0.4) is 0 Å². The molecule has 196 valence electrons. The Kier molecular flexibility index (Phi) is 10.1. The number of carbonyl (C=O) groups is 5. The largest absolute Gasteiger partial charge is 0.481 e. The summed E-state index contributed by atoms with van der Waals surface area (Å²) in [5.41, 5.74) is 1.51. The third kappa shape index (κ3) is 8.35. The van der Waals surface area contributed by atoms with Gasteiger partial charge in [0.25, 0.3) is 0 Å². The number of anilines is 1. The fourth-order valence-corrected chi connectivity index (χ4v) is 3.32. The lowest BCUT2D eigenvalue weighted by molar-refractivity contribution is -0.143. The van der Waals surface area contributed by atoms with Gasteiger partial charge in [-0.05, 0) is 23.3 Å². The number of nitrogens with one attached hydrogen (secondary N) is 2. The number of urea groups is 1. The first-order valence-corrected chi connectivity index (χ1v) is 10.9. The van der Waals surface area contributed by atoms with Gasteiger partial charge in [-0.2, -0.15) is 5.10 Å². The number of nitrogens with two attached hydrogens (primary N) is 1. The van der Waals surface area contributed by atoms with Crippen molar-refractivity contribution in [2.75, 3.05) is 25.5 Å². The van der Waals surface area contributed by atoms with Crippen molar-refractivity contribution in [3.63, 3.8) is 0 Å². The second-order valence-corrected chi connectivity index (χ2v) is 7.98. The Morgan fingerprint density at radius 1 is 0.973 bits per heavy atom. The third-order valence-electron chi connectivity index (χ3n) is 5.20. The van der Waals surface area contributed by atoms with Crippen LogP contribution in [0.5, 0.6) is 0 Å². The van der Waals surface area contributed by atoms with E-state index in [4.69, 9.17) is 5.84 Å². The minimum atomic E-state index is -1.58. The zero-order valence-corrected chi connectivity index (χ0v) is 20.2. The van der Waals surface area contributed by atoms with Gasteiger partial charge >= 0.3 is 18.0 Å². The summed E-state index contributed by atoms with van der Waals surface area (Å²) in [6, 6.07) is 10.9. The predicted octanol–water partition coefficient (Wildman–Crippen LogP) is 0.369. The number of rotatable bonds is 11. The maximum atomic E-state index is 12.8. The van der Waals surface area contributed by atoms with Gasteiger partial charge < -0.3 is 31.6 Å². The van der Waals surface area contributed by atoms with E-state index >= 15 is 0 Å². The smallest absolute Gasteiger partial charge is 0.330 e. The van der Waals surface area contributed by atoms with Crippen molar-refractivity contribution in [1.82, 2.24) is 15.5 Å². The molecule has 2 aromatic rings. The molecule has 0 bridgehead atoms. The van der Waals surface area contributed by atoms with E-state index in [-0.39, 0.29) is 5.56 Å². The molecule has 13 heteroatoms. The maximum Gasteiger partial charge on any atom is 0.330 e. The number of carboxylic acid groups (broad SMARTS) is 2. The van der Waals surface area contributed by atoms with Gasteiger partial charge in [0.15, 0.2) is 6.04 Å². The highest BCUT2D eigenvalue weighted by molar-refractivity contribution is 5.96. The zero-order valence-electron chi connectivity index (χ0n) is 20.2. The minimum Gasteiger partial charge on any atom is -0.481 e. The van der Waals surface area contributed by atoms with Crippen molar-refractivity contribution in [3.05, 3.63) is 65.7 Å². The fraction of sp³-hybridized carbons (Fsp3) is 0.250. The Labute approximate surface area is 212 Å². The predicted molar refractivity (Wildman–Crippen MR) is 134 cm³/mol. The van der Waals surface area contributed by atoms with Crippen LogP contribution in [0, 0.1) is 0 Å². The van der Waals surface area contributed by atoms with E-state index in [1.807, 2.05) is 0 Å². The monoisotopic (exact) mass is 512 g/mol. The molecule has 0 aliphatic rings. The Morgan fingerprint density at radius 3 is 2.14 bits per heavy atom. The van der Waals surface area contributed by atoms with Crippen molar-refractivity contribution in [3.8, 4) is 0 Å². The van der Waals surface area contributed by atoms with E-state index in [1.165, 1.54) is 37.3 Å². The van der Waals surface area contributed by atoms with Crippen molar-refractivity contribution in [1.29, 1.82) is 0 Å². The van der Waals surface area contributed by atoms with E-state index < -0.39 is 54.8 Å². The number of carbonyl (C=O) groups excluding carboxylic acids is 3. The molecular weight excluding hydrogens is 484 g/mol. The molecule has 0 aliphatic heterocycles. The number of hydrazone groups is 1. The molecule has 0 fully saturated rings. The topological polar surface area (TPSA) is 195 Å².